The predicted octanol–water partition coefficient (Wildman–Crippen LogP) is 1.47. The lowest BCUT2D eigenvalue weighted by Gasteiger charge is -2.05. The number of rotatable bonds is 4. The van der Waals surface area contributed by atoms with Gasteiger partial charge in [-0.25, -0.2) is 4.98 Å². The van der Waals surface area contributed by atoms with Crippen LogP contribution in [0.4, 0.5) is 0 Å². The van der Waals surface area contributed by atoms with Crippen molar-refractivity contribution in [1.82, 2.24) is 15.2 Å². The first-order chi connectivity index (χ1) is 6.88. The van der Waals surface area contributed by atoms with E-state index in [0.29, 0.717) is 5.82 Å². The van der Waals surface area contributed by atoms with Crippen LogP contribution in [0.2, 0.25) is 0 Å². The SMILES string of the molecule is OCc1n[nH]c(CSC2CCCC2)n1. The molecule has 2 rings (SSSR count). The van der Waals surface area contributed by atoms with Crippen molar-refractivity contribution in [2.45, 2.75) is 43.3 Å². The van der Waals surface area contributed by atoms with Gasteiger partial charge in [-0.3, -0.25) is 5.10 Å². The van der Waals surface area contributed by atoms with Gasteiger partial charge in [0.1, 0.15) is 12.4 Å². The summed E-state index contributed by atoms with van der Waals surface area (Å²) in [5, 5.41) is 16.3. The Morgan fingerprint density at radius 1 is 1.43 bits per heavy atom. The van der Waals surface area contributed by atoms with Gasteiger partial charge in [-0.2, -0.15) is 16.9 Å². The second kappa shape index (κ2) is 4.79. The third kappa shape index (κ3) is 2.48. The van der Waals surface area contributed by atoms with Crippen LogP contribution in [-0.4, -0.2) is 25.5 Å². The number of aromatic amines is 1. The van der Waals surface area contributed by atoms with Gasteiger partial charge in [-0.1, -0.05) is 12.8 Å². The Bertz CT molecular complexity index is 283. The van der Waals surface area contributed by atoms with Gasteiger partial charge in [-0.05, 0) is 12.8 Å². The lowest BCUT2D eigenvalue weighted by molar-refractivity contribution is 0.272. The van der Waals surface area contributed by atoms with E-state index >= 15 is 0 Å². The van der Waals surface area contributed by atoms with Crippen molar-refractivity contribution < 1.29 is 5.11 Å². The number of hydrogen-bond acceptors (Lipinski definition) is 4. The van der Waals surface area contributed by atoms with Crippen LogP contribution in [0.25, 0.3) is 0 Å². The van der Waals surface area contributed by atoms with Crippen LogP contribution in [0.3, 0.4) is 0 Å². The smallest absolute Gasteiger partial charge is 0.176 e. The summed E-state index contributed by atoms with van der Waals surface area (Å²) < 4.78 is 0. The van der Waals surface area contributed by atoms with Crippen LogP contribution in [0.1, 0.15) is 37.3 Å². The van der Waals surface area contributed by atoms with Crippen LogP contribution in [-0.2, 0) is 12.4 Å². The molecule has 1 heterocycles. The topological polar surface area (TPSA) is 61.8 Å². The second-order valence-electron chi connectivity index (χ2n) is 3.57. The Morgan fingerprint density at radius 3 is 2.86 bits per heavy atom. The molecule has 5 heteroatoms. The molecule has 1 aliphatic carbocycles. The maximum atomic E-state index is 8.78. The average molecular weight is 213 g/mol. The minimum atomic E-state index is -0.0788. The van der Waals surface area contributed by atoms with Crippen molar-refractivity contribution in [3.05, 3.63) is 11.6 Å². The summed E-state index contributed by atoms with van der Waals surface area (Å²) in [6.07, 6.45) is 5.42. The normalized spacial score (nSPS) is 17.8. The van der Waals surface area contributed by atoms with Crippen LogP contribution in [0.15, 0.2) is 0 Å². The Labute approximate surface area is 87.5 Å². The second-order valence-corrected chi connectivity index (χ2v) is 4.86. The predicted molar refractivity (Wildman–Crippen MR) is 55.9 cm³/mol. The van der Waals surface area contributed by atoms with Crippen molar-refractivity contribution in [1.29, 1.82) is 0 Å². The third-order valence-corrected chi connectivity index (χ3v) is 3.86. The molecule has 14 heavy (non-hydrogen) atoms. The lowest BCUT2D eigenvalue weighted by Crippen LogP contribution is -1.96. The first-order valence-corrected chi connectivity index (χ1v) is 6.06. The summed E-state index contributed by atoms with van der Waals surface area (Å²) in [7, 11) is 0. The summed E-state index contributed by atoms with van der Waals surface area (Å²) in [5.41, 5.74) is 0. The van der Waals surface area contributed by atoms with Gasteiger partial charge < -0.3 is 5.11 Å². The van der Waals surface area contributed by atoms with Crippen molar-refractivity contribution in [2.75, 3.05) is 0 Å². The molecule has 1 aromatic rings. The molecule has 0 spiro atoms. The monoisotopic (exact) mass is 213 g/mol. The zero-order chi connectivity index (χ0) is 9.80. The van der Waals surface area contributed by atoms with Crippen LogP contribution in [0.5, 0.6) is 0 Å². The number of aliphatic hydroxyl groups excluding tert-OH is 1. The molecule has 2 N–H and O–H groups in total. The van der Waals surface area contributed by atoms with Gasteiger partial charge in [0, 0.05) is 5.25 Å². The quantitative estimate of drug-likeness (QED) is 0.795. The average Bonchev–Trinajstić information content (AvgIpc) is 2.86. The highest BCUT2D eigenvalue weighted by atomic mass is 32.2. The Hall–Kier alpha value is -0.550. The summed E-state index contributed by atoms with van der Waals surface area (Å²) in [5.74, 6) is 2.26. The fourth-order valence-corrected chi connectivity index (χ4v) is 2.91. The molecule has 78 valence electrons. The third-order valence-electron chi connectivity index (χ3n) is 2.48. The van der Waals surface area contributed by atoms with E-state index in [1.165, 1.54) is 25.7 Å². The van der Waals surface area contributed by atoms with E-state index in [1.807, 2.05) is 11.8 Å². The summed E-state index contributed by atoms with van der Waals surface area (Å²) in [6.45, 7) is -0.0788. The minimum absolute atomic E-state index is 0.0788. The van der Waals surface area contributed by atoms with E-state index in [1.54, 1.807) is 0 Å². The molecule has 1 fully saturated rings. The first kappa shape index (κ1) is 9.98. The summed E-state index contributed by atoms with van der Waals surface area (Å²) >= 11 is 1.95. The van der Waals surface area contributed by atoms with E-state index in [9.17, 15) is 0 Å². The molecule has 1 saturated carbocycles. The van der Waals surface area contributed by atoms with Crippen molar-refractivity contribution >= 4 is 11.8 Å². The number of nitrogens with zero attached hydrogens (tertiary/aromatic N) is 2. The zero-order valence-electron chi connectivity index (χ0n) is 8.07. The number of nitrogens with one attached hydrogen (secondary N) is 1. The van der Waals surface area contributed by atoms with Crippen LogP contribution >= 0.6 is 11.8 Å². The maximum absolute atomic E-state index is 8.78. The maximum Gasteiger partial charge on any atom is 0.176 e. The fourth-order valence-electron chi connectivity index (χ4n) is 1.72. The standard InChI is InChI=1S/C9H15N3OS/c13-5-8-10-9(12-11-8)6-14-7-3-1-2-4-7/h7,13H,1-6H2,(H,10,11,12). The van der Waals surface area contributed by atoms with E-state index in [4.69, 9.17) is 5.11 Å². The number of aliphatic hydroxyl groups is 1. The van der Waals surface area contributed by atoms with E-state index < -0.39 is 0 Å². The fraction of sp³-hybridized carbons (Fsp3) is 0.778. The highest BCUT2D eigenvalue weighted by Gasteiger charge is 2.15. The van der Waals surface area contributed by atoms with Crippen molar-refractivity contribution in [3.8, 4) is 0 Å². The molecule has 0 bridgehead atoms. The van der Waals surface area contributed by atoms with Gasteiger partial charge in [0.15, 0.2) is 5.82 Å². The first-order valence-electron chi connectivity index (χ1n) is 5.01. The minimum Gasteiger partial charge on any atom is -0.388 e. The number of H-pyrrole nitrogens is 1. The van der Waals surface area contributed by atoms with Gasteiger partial charge in [0.2, 0.25) is 0 Å². The molecule has 0 unspecified atom stereocenters. The Kier molecular flexibility index (Phi) is 3.42. The molecule has 4 nitrogen and oxygen atoms in total. The molecule has 0 radical (unpaired) electrons. The van der Waals surface area contributed by atoms with Crippen LogP contribution < -0.4 is 0 Å². The van der Waals surface area contributed by atoms with E-state index in [2.05, 4.69) is 15.2 Å². The van der Waals surface area contributed by atoms with E-state index in [-0.39, 0.29) is 6.61 Å². The van der Waals surface area contributed by atoms with Crippen molar-refractivity contribution in [3.63, 3.8) is 0 Å². The molecule has 0 saturated heterocycles. The summed E-state index contributed by atoms with van der Waals surface area (Å²) in [6, 6.07) is 0. The zero-order valence-corrected chi connectivity index (χ0v) is 8.89. The molecule has 1 aromatic heterocycles. The van der Waals surface area contributed by atoms with Crippen molar-refractivity contribution in [2.24, 2.45) is 0 Å². The summed E-state index contributed by atoms with van der Waals surface area (Å²) in [4.78, 5) is 4.15. The Morgan fingerprint density at radius 2 is 2.21 bits per heavy atom. The van der Waals surface area contributed by atoms with Gasteiger partial charge in [-0.15, -0.1) is 0 Å². The van der Waals surface area contributed by atoms with Gasteiger partial charge >= 0.3 is 0 Å². The molecule has 0 atom stereocenters. The number of thioether (sulfide) groups is 1. The molecule has 0 aliphatic heterocycles. The largest absolute Gasteiger partial charge is 0.388 e. The van der Waals surface area contributed by atoms with Crippen LogP contribution in [0, 0.1) is 0 Å². The Balaban J connectivity index is 1.79. The molecular formula is C9H15N3OS. The molecule has 0 aromatic carbocycles. The highest BCUT2D eigenvalue weighted by molar-refractivity contribution is 7.99. The molecule has 1 aliphatic rings. The van der Waals surface area contributed by atoms with Gasteiger partial charge in [0.25, 0.3) is 0 Å². The molecular weight excluding hydrogens is 198 g/mol. The number of hydrogen-bond donors (Lipinski definition) is 2. The van der Waals surface area contributed by atoms with E-state index in [0.717, 1.165) is 16.8 Å². The molecule has 0 amide bonds. The highest BCUT2D eigenvalue weighted by Crippen LogP contribution is 2.30. The lowest BCUT2D eigenvalue weighted by atomic mass is 10.4. The number of aromatic nitrogens is 3. The van der Waals surface area contributed by atoms with Gasteiger partial charge in [0.05, 0.1) is 5.75 Å².